The fraction of sp³-hybridized carbons (Fsp3) is 0.375. The summed E-state index contributed by atoms with van der Waals surface area (Å²) in [4.78, 5) is 9.21. The van der Waals surface area contributed by atoms with E-state index in [-0.39, 0.29) is 0 Å². The highest BCUT2D eigenvalue weighted by Gasteiger charge is 2.13. The third-order valence-electron chi connectivity index (χ3n) is 3.19. The lowest BCUT2D eigenvalue weighted by molar-refractivity contribution is 0.911. The Hall–Kier alpha value is -1.32. The molecule has 0 amide bonds. The summed E-state index contributed by atoms with van der Waals surface area (Å²) in [6.45, 7) is 7.07. The smallest absolute Gasteiger partial charge is 0.133 e. The number of nitrogens with zero attached hydrogens (tertiary/aromatic N) is 2. The van der Waals surface area contributed by atoms with Gasteiger partial charge in [0, 0.05) is 34.1 Å². The number of rotatable bonds is 5. The number of benzene rings is 1. The predicted molar refractivity (Wildman–Crippen MR) is 90.4 cm³/mol. The molecule has 0 saturated heterocycles. The molecule has 2 rings (SSSR count). The van der Waals surface area contributed by atoms with Gasteiger partial charge < -0.3 is 5.32 Å². The van der Waals surface area contributed by atoms with Crippen molar-refractivity contribution in [1.82, 2.24) is 9.97 Å². The van der Waals surface area contributed by atoms with Crippen LogP contribution in [0.3, 0.4) is 0 Å². The molecule has 0 atom stereocenters. The second kappa shape index (κ2) is 7.10. The van der Waals surface area contributed by atoms with Gasteiger partial charge in [-0.1, -0.05) is 37.0 Å². The van der Waals surface area contributed by atoms with E-state index in [9.17, 15) is 0 Å². The molecular formula is C16H19Cl2N3. The summed E-state index contributed by atoms with van der Waals surface area (Å²) in [7, 11) is 0. The van der Waals surface area contributed by atoms with Gasteiger partial charge >= 0.3 is 0 Å². The fourth-order valence-electron chi connectivity index (χ4n) is 2.11. The molecule has 0 bridgehead atoms. The predicted octanol–water partition coefficient (Wildman–Crippen LogP) is 5.14. The van der Waals surface area contributed by atoms with Gasteiger partial charge in [-0.15, -0.1) is 0 Å². The molecule has 0 aliphatic heterocycles. The van der Waals surface area contributed by atoms with Crippen molar-refractivity contribution < 1.29 is 0 Å². The van der Waals surface area contributed by atoms with Gasteiger partial charge in [-0.05, 0) is 31.5 Å². The van der Waals surface area contributed by atoms with Crippen LogP contribution in [-0.4, -0.2) is 16.5 Å². The minimum Gasteiger partial charge on any atom is -0.370 e. The van der Waals surface area contributed by atoms with E-state index in [4.69, 9.17) is 23.2 Å². The van der Waals surface area contributed by atoms with E-state index < -0.39 is 0 Å². The van der Waals surface area contributed by atoms with Crippen molar-refractivity contribution in [3.8, 4) is 11.3 Å². The second-order valence-corrected chi connectivity index (χ2v) is 5.77. The van der Waals surface area contributed by atoms with Crippen LogP contribution < -0.4 is 5.32 Å². The summed E-state index contributed by atoms with van der Waals surface area (Å²) in [5.41, 5.74) is 2.81. The van der Waals surface area contributed by atoms with Crippen molar-refractivity contribution in [2.24, 2.45) is 0 Å². The largest absolute Gasteiger partial charge is 0.370 e. The van der Waals surface area contributed by atoms with Crippen LogP contribution in [0.15, 0.2) is 18.2 Å². The topological polar surface area (TPSA) is 37.8 Å². The minimum absolute atomic E-state index is 0.608. The van der Waals surface area contributed by atoms with E-state index in [0.29, 0.717) is 10.0 Å². The molecule has 1 N–H and O–H groups in total. The highest BCUT2D eigenvalue weighted by molar-refractivity contribution is 6.35. The van der Waals surface area contributed by atoms with Crippen LogP contribution in [0.4, 0.5) is 5.82 Å². The number of hydrogen-bond donors (Lipinski definition) is 1. The quantitative estimate of drug-likeness (QED) is 0.827. The molecule has 0 radical (unpaired) electrons. The van der Waals surface area contributed by atoms with Gasteiger partial charge in [0.25, 0.3) is 0 Å². The Morgan fingerprint density at radius 3 is 2.29 bits per heavy atom. The zero-order chi connectivity index (χ0) is 15.4. The van der Waals surface area contributed by atoms with Crippen molar-refractivity contribution in [2.75, 3.05) is 11.9 Å². The summed E-state index contributed by atoms with van der Waals surface area (Å²) in [6, 6.07) is 5.48. The molecule has 0 aliphatic carbocycles. The number of halogens is 2. The summed E-state index contributed by atoms with van der Waals surface area (Å²) >= 11 is 12.2. The molecule has 1 heterocycles. The standard InChI is InChI=1S/C16H19Cl2N3/c1-4-6-19-16-10(3)15(20-14(5-2)21-16)11-7-12(17)9-13(18)8-11/h7-9H,4-6H2,1-3H3,(H,19,20,21). The molecule has 5 heteroatoms. The molecule has 112 valence electrons. The first kappa shape index (κ1) is 16.1. The molecule has 1 aromatic heterocycles. The van der Waals surface area contributed by atoms with Crippen LogP contribution in [0, 0.1) is 6.92 Å². The molecule has 0 aliphatic rings. The first-order valence-corrected chi connectivity index (χ1v) is 7.88. The van der Waals surface area contributed by atoms with Gasteiger partial charge in [0.1, 0.15) is 11.6 Å². The molecule has 0 saturated carbocycles. The van der Waals surface area contributed by atoms with Gasteiger partial charge in [-0.25, -0.2) is 9.97 Å². The molecular weight excluding hydrogens is 305 g/mol. The normalized spacial score (nSPS) is 10.7. The maximum Gasteiger partial charge on any atom is 0.133 e. The van der Waals surface area contributed by atoms with Gasteiger partial charge in [0.2, 0.25) is 0 Å². The van der Waals surface area contributed by atoms with Crippen molar-refractivity contribution in [2.45, 2.75) is 33.6 Å². The summed E-state index contributed by atoms with van der Waals surface area (Å²) in [5.74, 6) is 1.69. The van der Waals surface area contributed by atoms with E-state index in [1.54, 1.807) is 6.07 Å². The van der Waals surface area contributed by atoms with Crippen LogP contribution in [0.2, 0.25) is 10.0 Å². The van der Waals surface area contributed by atoms with Crippen LogP contribution in [-0.2, 0) is 6.42 Å². The number of hydrogen-bond acceptors (Lipinski definition) is 3. The third-order valence-corrected chi connectivity index (χ3v) is 3.62. The lowest BCUT2D eigenvalue weighted by Gasteiger charge is -2.14. The molecule has 1 aromatic carbocycles. The number of aromatic nitrogens is 2. The van der Waals surface area contributed by atoms with Gasteiger partial charge in [0.05, 0.1) is 5.69 Å². The lowest BCUT2D eigenvalue weighted by Crippen LogP contribution is -2.08. The van der Waals surface area contributed by atoms with Crippen molar-refractivity contribution in [1.29, 1.82) is 0 Å². The van der Waals surface area contributed by atoms with Crippen LogP contribution in [0.1, 0.15) is 31.7 Å². The van der Waals surface area contributed by atoms with E-state index in [1.165, 1.54) is 0 Å². The van der Waals surface area contributed by atoms with Crippen molar-refractivity contribution >= 4 is 29.0 Å². The lowest BCUT2D eigenvalue weighted by atomic mass is 10.1. The Bertz CT molecular complexity index is 621. The molecule has 0 fully saturated rings. The Morgan fingerprint density at radius 2 is 1.71 bits per heavy atom. The summed E-state index contributed by atoms with van der Waals surface area (Å²) in [5, 5.41) is 4.58. The third kappa shape index (κ3) is 3.86. The monoisotopic (exact) mass is 323 g/mol. The van der Waals surface area contributed by atoms with E-state index in [1.807, 2.05) is 26.0 Å². The summed E-state index contributed by atoms with van der Waals surface area (Å²) < 4.78 is 0. The maximum absolute atomic E-state index is 6.11. The van der Waals surface area contributed by atoms with Crippen LogP contribution >= 0.6 is 23.2 Å². The highest BCUT2D eigenvalue weighted by Crippen LogP contribution is 2.30. The van der Waals surface area contributed by atoms with Crippen molar-refractivity contribution in [3.05, 3.63) is 39.6 Å². The Kier molecular flexibility index (Phi) is 5.43. The van der Waals surface area contributed by atoms with Gasteiger partial charge in [-0.3, -0.25) is 0 Å². The SMILES string of the molecule is CCCNc1nc(CC)nc(-c2cc(Cl)cc(Cl)c2)c1C. The van der Waals surface area contributed by atoms with Crippen LogP contribution in [0.25, 0.3) is 11.3 Å². The molecule has 3 nitrogen and oxygen atoms in total. The first-order chi connectivity index (χ1) is 10.0. The number of aryl methyl sites for hydroxylation is 1. The van der Waals surface area contributed by atoms with E-state index in [0.717, 1.165) is 47.8 Å². The number of anilines is 1. The Labute approximate surface area is 135 Å². The molecule has 0 unspecified atom stereocenters. The van der Waals surface area contributed by atoms with Gasteiger partial charge in [-0.2, -0.15) is 0 Å². The average Bonchev–Trinajstić information content (AvgIpc) is 2.45. The first-order valence-electron chi connectivity index (χ1n) is 7.13. The van der Waals surface area contributed by atoms with E-state index in [2.05, 4.69) is 22.2 Å². The molecule has 21 heavy (non-hydrogen) atoms. The Balaban J connectivity index is 2.55. The Morgan fingerprint density at radius 1 is 1.05 bits per heavy atom. The maximum atomic E-state index is 6.11. The minimum atomic E-state index is 0.608. The van der Waals surface area contributed by atoms with Crippen LogP contribution in [0.5, 0.6) is 0 Å². The molecule has 0 spiro atoms. The van der Waals surface area contributed by atoms with Crippen molar-refractivity contribution in [3.63, 3.8) is 0 Å². The molecule has 2 aromatic rings. The fourth-order valence-corrected chi connectivity index (χ4v) is 2.63. The van der Waals surface area contributed by atoms with Gasteiger partial charge in [0.15, 0.2) is 0 Å². The summed E-state index contributed by atoms with van der Waals surface area (Å²) in [6.07, 6.45) is 1.83. The van der Waals surface area contributed by atoms with E-state index >= 15 is 0 Å². The zero-order valence-corrected chi connectivity index (χ0v) is 14.0. The number of nitrogens with one attached hydrogen (secondary N) is 1. The highest BCUT2D eigenvalue weighted by atomic mass is 35.5. The zero-order valence-electron chi connectivity index (χ0n) is 12.5. The average molecular weight is 324 g/mol. The second-order valence-electron chi connectivity index (χ2n) is 4.90.